The van der Waals surface area contributed by atoms with Crippen LogP contribution >= 0.6 is 0 Å². The minimum absolute atomic E-state index is 0.614. The van der Waals surface area contributed by atoms with E-state index in [1.165, 1.54) is 31.2 Å². The van der Waals surface area contributed by atoms with Gasteiger partial charge in [0.1, 0.15) is 0 Å². The number of hydrogen-bond acceptors (Lipinski definition) is 2. The molecular weight excluding hydrogens is 274 g/mol. The Morgan fingerprint density at radius 2 is 2.09 bits per heavy atom. The van der Waals surface area contributed by atoms with E-state index in [1.54, 1.807) is 0 Å². The lowest BCUT2D eigenvalue weighted by Crippen LogP contribution is -2.47. The zero-order valence-corrected chi connectivity index (χ0v) is 13.5. The van der Waals surface area contributed by atoms with Crippen LogP contribution < -0.4 is 5.32 Å². The second-order valence-corrected chi connectivity index (χ2v) is 6.42. The molecule has 1 aromatic carbocycles. The van der Waals surface area contributed by atoms with Crippen molar-refractivity contribution < 1.29 is 4.74 Å². The van der Waals surface area contributed by atoms with Crippen LogP contribution in [0.4, 0.5) is 0 Å². The predicted octanol–water partition coefficient (Wildman–Crippen LogP) is 2.65. The van der Waals surface area contributed by atoms with Crippen molar-refractivity contribution in [2.45, 2.75) is 38.3 Å². The Hall–Kier alpha value is -1.55. The van der Waals surface area contributed by atoms with E-state index in [9.17, 15) is 0 Å². The summed E-state index contributed by atoms with van der Waals surface area (Å²) < 4.78 is 5.89. The van der Waals surface area contributed by atoms with Gasteiger partial charge in [-0.25, -0.2) is 0 Å². The van der Waals surface area contributed by atoms with Crippen LogP contribution in [0, 0.1) is 5.92 Å². The molecule has 4 nitrogen and oxygen atoms in total. The topological polar surface area (TPSA) is 36.9 Å². The summed E-state index contributed by atoms with van der Waals surface area (Å²) in [4.78, 5) is 6.83. The number of aliphatic imine (C=N–C) groups is 1. The van der Waals surface area contributed by atoms with Gasteiger partial charge in [0.2, 0.25) is 0 Å². The molecule has 3 rings (SSSR count). The fourth-order valence-corrected chi connectivity index (χ4v) is 3.11. The van der Waals surface area contributed by atoms with Crippen LogP contribution in [0.3, 0.4) is 0 Å². The number of benzene rings is 1. The average Bonchev–Trinajstić information content (AvgIpc) is 2.96. The lowest BCUT2D eigenvalue weighted by molar-refractivity contribution is 0.0906. The largest absolute Gasteiger partial charge is 0.376 e. The molecule has 0 spiro atoms. The number of hydrogen-bond donors (Lipinski definition) is 1. The van der Waals surface area contributed by atoms with Crippen LogP contribution in [0.15, 0.2) is 35.3 Å². The number of nitrogens with one attached hydrogen (secondary N) is 1. The molecule has 120 valence electrons. The Morgan fingerprint density at radius 3 is 2.77 bits per heavy atom. The number of likely N-dealkylation sites (tertiary alicyclic amines) is 1. The summed E-state index contributed by atoms with van der Waals surface area (Å²) in [6.07, 6.45) is 5.12. The van der Waals surface area contributed by atoms with Crippen LogP contribution in [-0.2, 0) is 11.3 Å². The average molecular weight is 301 g/mol. The standard InChI is InChI=1S/C18H27N3O/c1-19-18(20-17-8-5-9-17)21-11-10-16(12-21)14-22-13-15-6-3-2-4-7-15/h2-4,6-7,16-17H,5,8-14H2,1H3,(H,19,20). The van der Waals surface area contributed by atoms with E-state index in [-0.39, 0.29) is 0 Å². The van der Waals surface area contributed by atoms with Gasteiger partial charge in [-0.1, -0.05) is 30.3 Å². The molecule has 0 aromatic heterocycles. The fourth-order valence-electron chi connectivity index (χ4n) is 3.11. The maximum Gasteiger partial charge on any atom is 0.193 e. The molecule has 2 fully saturated rings. The highest BCUT2D eigenvalue weighted by molar-refractivity contribution is 5.80. The van der Waals surface area contributed by atoms with E-state index >= 15 is 0 Å². The number of guanidine groups is 1. The molecule has 22 heavy (non-hydrogen) atoms. The van der Waals surface area contributed by atoms with E-state index in [0.717, 1.165) is 25.7 Å². The van der Waals surface area contributed by atoms with Crippen LogP contribution in [0.1, 0.15) is 31.2 Å². The third kappa shape index (κ3) is 4.01. The molecule has 1 aliphatic carbocycles. The zero-order chi connectivity index (χ0) is 15.2. The van der Waals surface area contributed by atoms with Gasteiger partial charge in [-0.2, -0.15) is 0 Å². The van der Waals surface area contributed by atoms with Crippen LogP contribution in [0.2, 0.25) is 0 Å². The Kier molecular flexibility index (Phi) is 5.33. The summed E-state index contributed by atoms with van der Waals surface area (Å²) in [5.41, 5.74) is 1.25. The van der Waals surface area contributed by atoms with Gasteiger partial charge in [0.05, 0.1) is 13.2 Å². The normalized spacial score (nSPS) is 22.7. The lowest BCUT2D eigenvalue weighted by atomic mass is 9.93. The highest BCUT2D eigenvalue weighted by Gasteiger charge is 2.27. The molecule has 2 aliphatic rings. The Bertz CT molecular complexity index is 484. The van der Waals surface area contributed by atoms with Gasteiger partial charge in [0, 0.05) is 32.1 Å². The Balaban J connectivity index is 1.39. The Labute approximate surface area is 133 Å². The molecule has 4 heteroatoms. The molecule has 1 aromatic rings. The van der Waals surface area contributed by atoms with Crippen molar-refractivity contribution in [3.05, 3.63) is 35.9 Å². The van der Waals surface area contributed by atoms with E-state index in [0.29, 0.717) is 18.6 Å². The third-order valence-electron chi connectivity index (χ3n) is 4.70. The van der Waals surface area contributed by atoms with Gasteiger partial charge < -0.3 is 15.0 Å². The summed E-state index contributed by atoms with van der Waals surface area (Å²) in [6.45, 7) is 3.70. The van der Waals surface area contributed by atoms with Crippen LogP contribution in [-0.4, -0.2) is 43.6 Å². The summed E-state index contributed by atoms with van der Waals surface area (Å²) in [5, 5.41) is 3.58. The first kappa shape index (κ1) is 15.3. The predicted molar refractivity (Wildman–Crippen MR) is 89.9 cm³/mol. The highest BCUT2D eigenvalue weighted by Crippen LogP contribution is 2.21. The Morgan fingerprint density at radius 1 is 1.27 bits per heavy atom. The number of nitrogens with zero attached hydrogens (tertiary/aromatic N) is 2. The van der Waals surface area contributed by atoms with E-state index in [4.69, 9.17) is 4.74 Å². The first-order valence-corrected chi connectivity index (χ1v) is 8.45. The van der Waals surface area contributed by atoms with Crippen molar-refractivity contribution in [2.75, 3.05) is 26.7 Å². The molecule has 1 saturated carbocycles. The molecule has 1 atom stereocenters. The van der Waals surface area contributed by atoms with Gasteiger partial charge in [0.15, 0.2) is 5.96 Å². The highest BCUT2D eigenvalue weighted by atomic mass is 16.5. The molecule has 0 bridgehead atoms. The zero-order valence-electron chi connectivity index (χ0n) is 13.5. The minimum atomic E-state index is 0.614. The van der Waals surface area contributed by atoms with Gasteiger partial charge in [-0.15, -0.1) is 0 Å². The molecular formula is C18H27N3O. The van der Waals surface area contributed by atoms with Gasteiger partial charge >= 0.3 is 0 Å². The van der Waals surface area contributed by atoms with Crippen molar-refractivity contribution >= 4 is 5.96 Å². The minimum Gasteiger partial charge on any atom is -0.376 e. The SMILES string of the molecule is CN=C(NC1CCC1)N1CCC(COCc2ccccc2)C1. The van der Waals surface area contributed by atoms with Crippen LogP contribution in [0.5, 0.6) is 0 Å². The van der Waals surface area contributed by atoms with Gasteiger partial charge in [0.25, 0.3) is 0 Å². The monoisotopic (exact) mass is 301 g/mol. The van der Waals surface area contributed by atoms with Crippen molar-refractivity contribution in [3.63, 3.8) is 0 Å². The quantitative estimate of drug-likeness (QED) is 0.671. The van der Waals surface area contributed by atoms with Crippen molar-refractivity contribution in [2.24, 2.45) is 10.9 Å². The van der Waals surface area contributed by atoms with Gasteiger partial charge in [-0.3, -0.25) is 4.99 Å². The molecule has 1 heterocycles. The van der Waals surface area contributed by atoms with E-state index in [1.807, 2.05) is 13.1 Å². The molecule has 1 unspecified atom stereocenters. The second-order valence-electron chi connectivity index (χ2n) is 6.42. The number of rotatable bonds is 5. The smallest absolute Gasteiger partial charge is 0.193 e. The molecule has 1 N–H and O–H groups in total. The summed E-state index contributed by atoms with van der Waals surface area (Å²) in [5.74, 6) is 1.69. The summed E-state index contributed by atoms with van der Waals surface area (Å²) in [6, 6.07) is 11.0. The fraction of sp³-hybridized carbons (Fsp3) is 0.611. The molecule has 0 radical (unpaired) electrons. The lowest BCUT2D eigenvalue weighted by Gasteiger charge is -2.31. The van der Waals surface area contributed by atoms with Gasteiger partial charge in [-0.05, 0) is 31.2 Å². The number of ether oxygens (including phenoxy) is 1. The molecule has 1 aliphatic heterocycles. The van der Waals surface area contributed by atoms with Crippen LogP contribution in [0.25, 0.3) is 0 Å². The van der Waals surface area contributed by atoms with E-state index in [2.05, 4.69) is 39.5 Å². The van der Waals surface area contributed by atoms with Crippen molar-refractivity contribution in [3.8, 4) is 0 Å². The third-order valence-corrected chi connectivity index (χ3v) is 4.70. The maximum absolute atomic E-state index is 5.89. The second kappa shape index (κ2) is 7.63. The first-order chi connectivity index (χ1) is 10.8. The van der Waals surface area contributed by atoms with Crippen molar-refractivity contribution in [1.29, 1.82) is 0 Å². The van der Waals surface area contributed by atoms with E-state index < -0.39 is 0 Å². The summed E-state index contributed by atoms with van der Waals surface area (Å²) >= 11 is 0. The van der Waals surface area contributed by atoms with Crippen molar-refractivity contribution in [1.82, 2.24) is 10.2 Å². The maximum atomic E-state index is 5.89. The molecule has 1 saturated heterocycles. The summed E-state index contributed by atoms with van der Waals surface area (Å²) in [7, 11) is 1.89. The first-order valence-electron chi connectivity index (χ1n) is 8.45. The molecule has 0 amide bonds.